The molecular weight excluding hydrogens is 210 g/mol. The first-order valence-corrected chi connectivity index (χ1v) is 6.57. The Labute approximate surface area is 103 Å². The topological polar surface area (TPSA) is 20.3 Å². The normalized spacial score (nSPS) is 28.8. The molecule has 90 valence electrons. The molecule has 2 nitrogen and oxygen atoms in total. The lowest BCUT2D eigenvalue weighted by molar-refractivity contribution is -0.124. The van der Waals surface area contributed by atoms with Gasteiger partial charge < -0.3 is 0 Å². The lowest BCUT2D eigenvalue weighted by atomic mass is 9.97. The number of carbonyl (C=O) groups is 1. The zero-order chi connectivity index (χ0) is 12.0. The molecule has 1 aromatic rings. The van der Waals surface area contributed by atoms with E-state index >= 15 is 0 Å². The SMILES string of the molecule is CC(=O)C(C)N1C2CCCC1c1ccccc12. The van der Waals surface area contributed by atoms with E-state index in [0.29, 0.717) is 12.1 Å². The molecule has 2 heterocycles. The molecule has 0 saturated carbocycles. The van der Waals surface area contributed by atoms with E-state index in [1.807, 2.05) is 0 Å². The van der Waals surface area contributed by atoms with Crippen molar-refractivity contribution in [2.75, 3.05) is 0 Å². The first kappa shape index (κ1) is 11.0. The largest absolute Gasteiger partial charge is 0.298 e. The zero-order valence-electron chi connectivity index (χ0n) is 10.5. The molecule has 3 rings (SSSR count). The van der Waals surface area contributed by atoms with E-state index in [-0.39, 0.29) is 11.8 Å². The molecule has 0 aliphatic carbocycles. The van der Waals surface area contributed by atoms with Gasteiger partial charge in [0.05, 0.1) is 6.04 Å². The molecule has 2 heteroatoms. The van der Waals surface area contributed by atoms with Gasteiger partial charge in [-0.05, 0) is 44.2 Å². The van der Waals surface area contributed by atoms with Gasteiger partial charge in [0.2, 0.25) is 0 Å². The predicted molar refractivity (Wildman–Crippen MR) is 67.8 cm³/mol. The Morgan fingerprint density at radius 3 is 2.24 bits per heavy atom. The van der Waals surface area contributed by atoms with Gasteiger partial charge in [-0.2, -0.15) is 0 Å². The number of fused-ring (bicyclic) bond motifs is 5. The van der Waals surface area contributed by atoms with Crippen molar-refractivity contribution in [2.24, 2.45) is 0 Å². The molecule has 1 aromatic carbocycles. The van der Waals surface area contributed by atoms with Crippen LogP contribution in [0.25, 0.3) is 0 Å². The van der Waals surface area contributed by atoms with Crippen LogP contribution < -0.4 is 0 Å². The Morgan fingerprint density at radius 2 is 1.76 bits per heavy atom. The highest BCUT2D eigenvalue weighted by Crippen LogP contribution is 2.51. The van der Waals surface area contributed by atoms with Gasteiger partial charge >= 0.3 is 0 Å². The summed E-state index contributed by atoms with van der Waals surface area (Å²) in [4.78, 5) is 14.1. The fourth-order valence-corrected chi connectivity index (χ4v) is 3.52. The van der Waals surface area contributed by atoms with Gasteiger partial charge in [-0.25, -0.2) is 0 Å². The Morgan fingerprint density at radius 1 is 1.24 bits per heavy atom. The Kier molecular flexibility index (Phi) is 2.55. The van der Waals surface area contributed by atoms with Crippen molar-refractivity contribution < 1.29 is 4.79 Å². The number of piperidine rings is 1. The minimum absolute atomic E-state index is 0.0534. The van der Waals surface area contributed by atoms with E-state index < -0.39 is 0 Å². The van der Waals surface area contributed by atoms with Crippen LogP contribution in [0.5, 0.6) is 0 Å². The molecule has 0 radical (unpaired) electrons. The molecule has 3 unspecified atom stereocenters. The van der Waals surface area contributed by atoms with Crippen LogP contribution in [0.15, 0.2) is 24.3 Å². The van der Waals surface area contributed by atoms with Crippen molar-refractivity contribution in [1.82, 2.24) is 4.90 Å². The third-order valence-corrected chi connectivity index (χ3v) is 4.42. The summed E-state index contributed by atoms with van der Waals surface area (Å²) < 4.78 is 0. The Balaban J connectivity index is 2.03. The molecule has 0 amide bonds. The lowest BCUT2D eigenvalue weighted by Crippen LogP contribution is -2.41. The summed E-state index contributed by atoms with van der Waals surface area (Å²) in [6.45, 7) is 3.77. The van der Waals surface area contributed by atoms with Crippen molar-refractivity contribution in [3.63, 3.8) is 0 Å². The number of carbonyl (C=O) groups excluding carboxylic acids is 1. The first-order chi connectivity index (χ1) is 8.20. The molecule has 2 aliphatic heterocycles. The Bertz CT molecular complexity index is 423. The van der Waals surface area contributed by atoms with Crippen LogP contribution in [0, 0.1) is 0 Å². The minimum Gasteiger partial charge on any atom is -0.298 e. The number of hydrogen-bond donors (Lipinski definition) is 0. The van der Waals surface area contributed by atoms with E-state index in [0.717, 1.165) is 0 Å². The molecule has 1 fully saturated rings. The fraction of sp³-hybridized carbons (Fsp3) is 0.533. The highest BCUT2D eigenvalue weighted by atomic mass is 16.1. The Hall–Kier alpha value is -1.15. The van der Waals surface area contributed by atoms with Gasteiger partial charge in [-0.3, -0.25) is 9.69 Å². The molecule has 2 bridgehead atoms. The van der Waals surface area contributed by atoms with E-state index in [4.69, 9.17) is 0 Å². The van der Waals surface area contributed by atoms with Crippen LogP contribution in [-0.4, -0.2) is 16.7 Å². The van der Waals surface area contributed by atoms with Crippen LogP contribution in [0.1, 0.15) is 56.3 Å². The number of ketones is 1. The van der Waals surface area contributed by atoms with Gasteiger partial charge in [0, 0.05) is 12.1 Å². The summed E-state index contributed by atoms with van der Waals surface area (Å²) in [7, 11) is 0. The van der Waals surface area contributed by atoms with Crippen molar-refractivity contribution in [3.05, 3.63) is 35.4 Å². The van der Waals surface area contributed by atoms with Crippen LogP contribution >= 0.6 is 0 Å². The van der Waals surface area contributed by atoms with Crippen molar-refractivity contribution in [1.29, 1.82) is 0 Å². The van der Waals surface area contributed by atoms with Gasteiger partial charge in [0.25, 0.3) is 0 Å². The highest BCUT2D eigenvalue weighted by molar-refractivity contribution is 5.81. The number of rotatable bonds is 2. The highest BCUT2D eigenvalue weighted by Gasteiger charge is 2.43. The molecule has 3 atom stereocenters. The second-order valence-electron chi connectivity index (χ2n) is 5.33. The number of nitrogens with zero attached hydrogens (tertiary/aromatic N) is 1. The third-order valence-electron chi connectivity index (χ3n) is 4.42. The lowest BCUT2D eigenvalue weighted by Gasteiger charge is -2.38. The minimum atomic E-state index is 0.0534. The monoisotopic (exact) mass is 229 g/mol. The zero-order valence-corrected chi connectivity index (χ0v) is 10.5. The summed E-state index contributed by atoms with van der Waals surface area (Å²) in [6, 6.07) is 9.73. The third kappa shape index (κ3) is 1.54. The number of Topliss-reactive ketones (excluding diaryl/α,β-unsaturated/α-hetero) is 1. The predicted octanol–water partition coefficient (Wildman–Crippen LogP) is 3.25. The quantitative estimate of drug-likeness (QED) is 0.776. The molecule has 17 heavy (non-hydrogen) atoms. The molecule has 0 N–H and O–H groups in total. The molecule has 0 aromatic heterocycles. The van der Waals surface area contributed by atoms with Gasteiger partial charge in [0.15, 0.2) is 0 Å². The van der Waals surface area contributed by atoms with Crippen LogP contribution in [0.4, 0.5) is 0 Å². The van der Waals surface area contributed by atoms with E-state index in [1.54, 1.807) is 6.92 Å². The van der Waals surface area contributed by atoms with E-state index in [2.05, 4.69) is 36.1 Å². The summed E-state index contributed by atoms with van der Waals surface area (Å²) >= 11 is 0. The van der Waals surface area contributed by atoms with Gasteiger partial charge in [0.1, 0.15) is 5.78 Å². The van der Waals surface area contributed by atoms with Crippen molar-refractivity contribution in [2.45, 2.75) is 51.2 Å². The maximum absolute atomic E-state index is 11.7. The average molecular weight is 229 g/mol. The molecule has 0 spiro atoms. The summed E-state index contributed by atoms with van der Waals surface area (Å²) in [5.41, 5.74) is 2.92. The summed E-state index contributed by atoms with van der Waals surface area (Å²) in [6.07, 6.45) is 3.68. The standard InChI is InChI=1S/C15H19NO/c1-10(11(2)17)16-14-8-5-9-15(16)13-7-4-3-6-12(13)14/h3-4,6-7,10,14-15H,5,8-9H2,1-2H3. The van der Waals surface area contributed by atoms with Crippen LogP contribution in [0.2, 0.25) is 0 Å². The van der Waals surface area contributed by atoms with E-state index in [9.17, 15) is 4.79 Å². The maximum atomic E-state index is 11.7. The van der Waals surface area contributed by atoms with Gasteiger partial charge in [-0.1, -0.05) is 24.3 Å². The fourth-order valence-electron chi connectivity index (χ4n) is 3.52. The smallest absolute Gasteiger partial charge is 0.146 e. The summed E-state index contributed by atoms with van der Waals surface area (Å²) in [5, 5.41) is 0. The molecule has 1 saturated heterocycles. The second-order valence-corrected chi connectivity index (χ2v) is 5.33. The summed E-state index contributed by atoms with van der Waals surface area (Å²) in [5.74, 6) is 0.287. The number of hydrogen-bond acceptors (Lipinski definition) is 2. The number of benzene rings is 1. The average Bonchev–Trinajstić information content (AvgIpc) is 2.53. The van der Waals surface area contributed by atoms with Crippen molar-refractivity contribution >= 4 is 5.78 Å². The maximum Gasteiger partial charge on any atom is 0.146 e. The van der Waals surface area contributed by atoms with Crippen molar-refractivity contribution in [3.8, 4) is 0 Å². The molecule has 2 aliphatic rings. The van der Waals surface area contributed by atoms with E-state index in [1.165, 1.54) is 30.4 Å². The first-order valence-electron chi connectivity index (χ1n) is 6.57. The van der Waals surface area contributed by atoms with Crippen LogP contribution in [0.3, 0.4) is 0 Å². The molecular formula is C15H19NO. The second kappa shape index (κ2) is 3.95. The van der Waals surface area contributed by atoms with Gasteiger partial charge in [-0.15, -0.1) is 0 Å². The van der Waals surface area contributed by atoms with Crippen LogP contribution in [-0.2, 0) is 4.79 Å².